The summed E-state index contributed by atoms with van der Waals surface area (Å²) in [6, 6.07) is 12.9. The summed E-state index contributed by atoms with van der Waals surface area (Å²) in [5.74, 6) is -1.21. The lowest BCUT2D eigenvalue weighted by Gasteiger charge is -2.30. The Bertz CT molecular complexity index is 1350. The van der Waals surface area contributed by atoms with Gasteiger partial charge in [-0.05, 0) is 41.0 Å². The minimum atomic E-state index is -0.878. The Morgan fingerprint density at radius 3 is 2.91 bits per heavy atom. The molecule has 1 aliphatic heterocycles. The van der Waals surface area contributed by atoms with Crippen LogP contribution in [0.3, 0.4) is 0 Å². The van der Waals surface area contributed by atoms with E-state index in [1.165, 1.54) is 0 Å². The van der Waals surface area contributed by atoms with Gasteiger partial charge in [-0.15, -0.1) is 10.2 Å². The van der Waals surface area contributed by atoms with Gasteiger partial charge in [-0.1, -0.05) is 24.3 Å². The maximum Gasteiger partial charge on any atom is 0.417 e. The number of hydrogen-bond acceptors (Lipinski definition) is 7. The molecule has 1 amide bonds. The van der Waals surface area contributed by atoms with Crippen molar-refractivity contribution in [3.63, 3.8) is 0 Å². The van der Waals surface area contributed by atoms with Crippen LogP contribution in [0.25, 0.3) is 22.5 Å². The molecule has 10 nitrogen and oxygen atoms in total. The lowest BCUT2D eigenvalue weighted by atomic mass is 9.79. The molecule has 0 radical (unpaired) electrons. The number of carbonyl (C=O) groups is 1. The van der Waals surface area contributed by atoms with Crippen molar-refractivity contribution in [3.05, 3.63) is 64.1 Å². The molecule has 0 saturated carbocycles. The Labute approximate surface area is 193 Å². The normalized spacial score (nSPS) is 18.2. The van der Waals surface area contributed by atoms with Crippen LogP contribution in [0.1, 0.15) is 29.4 Å². The van der Waals surface area contributed by atoms with Crippen molar-refractivity contribution in [1.82, 2.24) is 35.8 Å². The van der Waals surface area contributed by atoms with E-state index in [-0.39, 0.29) is 11.8 Å². The van der Waals surface area contributed by atoms with Crippen molar-refractivity contribution in [2.24, 2.45) is 0 Å². The number of H-pyrrole nitrogens is 2. The van der Waals surface area contributed by atoms with E-state index < -0.39 is 17.8 Å². The summed E-state index contributed by atoms with van der Waals surface area (Å²) < 4.78 is 19.1. The highest BCUT2D eigenvalue weighted by atomic mass is 19.1. The van der Waals surface area contributed by atoms with E-state index in [0.717, 1.165) is 16.7 Å². The van der Waals surface area contributed by atoms with Gasteiger partial charge >= 0.3 is 5.76 Å². The maximum atomic E-state index is 14.0. The van der Waals surface area contributed by atoms with Crippen LogP contribution < -0.4 is 11.1 Å². The van der Waals surface area contributed by atoms with Crippen LogP contribution in [0.2, 0.25) is 0 Å². The summed E-state index contributed by atoms with van der Waals surface area (Å²) in [6.45, 7) is 1.43. The SMILES string of the molecule is CNC(=O)C(c1ccc2oc(=O)[nH]c2c1)[C@H](CN1CC[C@H](F)C1)c1cccc(-c2nn[nH]n2)c1. The smallest absolute Gasteiger partial charge is 0.408 e. The van der Waals surface area contributed by atoms with Crippen molar-refractivity contribution in [1.29, 1.82) is 0 Å². The van der Waals surface area contributed by atoms with E-state index in [1.54, 1.807) is 25.2 Å². The third-order valence-corrected chi connectivity index (χ3v) is 6.32. The van der Waals surface area contributed by atoms with Crippen LogP contribution >= 0.6 is 0 Å². The fourth-order valence-electron chi connectivity index (χ4n) is 4.71. The summed E-state index contributed by atoms with van der Waals surface area (Å²) in [6.07, 6.45) is -0.403. The molecular weight excluding hydrogens is 441 g/mol. The number of oxazole rings is 1. The number of nitrogens with one attached hydrogen (secondary N) is 3. The number of tetrazole rings is 1. The number of fused-ring (bicyclic) bond motifs is 1. The Morgan fingerprint density at radius 2 is 2.18 bits per heavy atom. The first-order valence-electron chi connectivity index (χ1n) is 11.1. The third kappa shape index (κ3) is 4.34. The molecule has 5 rings (SSSR count). The molecule has 2 aromatic carbocycles. The number of aromatic nitrogens is 5. The Morgan fingerprint density at radius 1 is 1.29 bits per heavy atom. The van der Waals surface area contributed by atoms with E-state index in [0.29, 0.717) is 43.0 Å². The topological polar surface area (TPSA) is 133 Å². The first-order valence-corrected chi connectivity index (χ1v) is 11.1. The second-order valence-electron chi connectivity index (χ2n) is 8.47. The average Bonchev–Trinajstić information content (AvgIpc) is 3.59. The summed E-state index contributed by atoms with van der Waals surface area (Å²) in [4.78, 5) is 29.6. The number of benzene rings is 2. The van der Waals surface area contributed by atoms with Crippen LogP contribution in [0, 0.1) is 0 Å². The molecule has 176 valence electrons. The number of alkyl halides is 1. The first kappa shape index (κ1) is 22.0. The number of nitrogens with zero attached hydrogens (tertiary/aromatic N) is 4. The summed E-state index contributed by atoms with van der Waals surface area (Å²) in [7, 11) is 1.59. The number of amides is 1. The highest BCUT2D eigenvalue weighted by molar-refractivity contribution is 5.86. The quantitative estimate of drug-likeness (QED) is 0.380. The van der Waals surface area contributed by atoms with Gasteiger partial charge in [-0.3, -0.25) is 14.7 Å². The Kier molecular flexibility index (Phi) is 5.93. The molecule has 0 aliphatic carbocycles. The van der Waals surface area contributed by atoms with Gasteiger partial charge in [0, 0.05) is 38.2 Å². The largest absolute Gasteiger partial charge is 0.417 e. The molecule has 4 aromatic rings. The molecule has 1 aliphatic rings. The highest BCUT2D eigenvalue weighted by Gasteiger charge is 2.34. The van der Waals surface area contributed by atoms with Crippen LogP contribution in [0.4, 0.5) is 4.39 Å². The van der Waals surface area contributed by atoms with Crippen LogP contribution in [-0.2, 0) is 4.79 Å². The molecule has 0 bridgehead atoms. The van der Waals surface area contributed by atoms with Crippen molar-refractivity contribution < 1.29 is 13.6 Å². The summed E-state index contributed by atoms with van der Waals surface area (Å²) in [5, 5.41) is 17.0. The van der Waals surface area contributed by atoms with Gasteiger partial charge < -0.3 is 9.73 Å². The third-order valence-electron chi connectivity index (χ3n) is 6.32. The predicted octanol–water partition coefficient (Wildman–Crippen LogP) is 1.96. The van der Waals surface area contributed by atoms with Gasteiger partial charge in [0.2, 0.25) is 11.7 Å². The summed E-state index contributed by atoms with van der Waals surface area (Å²) >= 11 is 0. The van der Waals surface area contributed by atoms with Gasteiger partial charge in [-0.25, -0.2) is 9.18 Å². The van der Waals surface area contributed by atoms with Crippen LogP contribution in [0.5, 0.6) is 0 Å². The molecule has 1 unspecified atom stereocenters. The number of likely N-dealkylation sites (N-methyl/N-ethyl adjacent to an activating group) is 1. The fraction of sp³-hybridized carbons (Fsp3) is 0.348. The van der Waals surface area contributed by atoms with Crippen LogP contribution in [0.15, 0.2) is 51.7 Å². The van der Waals surface area contributed by atoms with Gasteiger partial charge in [0.15, 0.2) is 5.58 Å². The number of hydrogen-bond donors (Lipinski definition) is 3. The lowest BCUT2D eigenvalue weighted by molar-refractivity contribution is -0.122. The zero-order valence-electron chi connectivity index (χ0n) is 18.5. The molecule has 1 fully saturated rings. The van der Waals surface area contributed by atoms with Crippen molar-refractivity contribution in [2.75, 3.05) is 26.7 Å². The number of aromatic amines is 2. The maximum absolute atomic E-state index is 14.0. The van der Waals surface area contributed by atoms with E-state index in [2.05, 4.69) is 30.9 Å². The van der Waals surface area contributed by atoms with E-state index in [4.69, 9.17) is 4.42 Å². The van der Waals surface area contributed by atoms with Crippen LogP contribution in [-0.4, -0.2) is 69.3 Å². The van der Waals surface area contributed by atoms with Gasteiger partial charge in [0.25, 0.3) is 0 Å². The van der Waals surface area contributed by atoms with Gasteiger partial charge in [0.1, 0.15) is 6.17 Å². The molecule has 11 heteroatoms. The minimum absolute atomic E-state index is 0.184. The van der Waals surface area contributed by atoms with E-state index >= 15 is 0 Å². The molecular formula is C23H24FN7O3. The zero-order valence-corrected chi connectivity index (χ0v) is 18.5. The number of halogens is 1. The van der Waals surface area contributed by atoms with E-state index in [9.17, 15) is 14.0 Å². The minimum Gasteiger partial charge on any atom is -0.408 e. The number of carbonyl (C=O) groups excluding carboxylic acids is 1. The first-order chi connectivity index (χ1) is 16.5. The fourth-order valence-corrected chi connectivity index (χ4v) is 4.71. The molecule has 0 spiro atoms. The highest BCUT2D eigenvalue weighted by Crippen LogP contribution is 2.37. The van der Waals surface area contributed by atoms with Gasteiger partial charge in [-0.2, -0.15) is 5.21 Å². The molecule has 2 aromatic heterocycles. The average molecular weight is 465 g/mol. The molecule has 34 heavy (non-hydrogen) atoms. The lowest BCUT2D eigenvalue weighted by Crippen LogP contribution is -2.36. The van der Waals surface area contributed by atoms with Gasteiger partial charge in [0.05, 0.1) is 11.4 Å². The second-order valence-corrected chi connectivity index (χ2v) is 8.47. The predicted molar refractivity (Wildman–Crippen MR) is 122 cm³/mol. The van der Waals surface area contributed by atoms with Crippen molar-refractivity contribution in [3.8, 4) is 11.4 Å². The number of rotatable bonds is 7. The number of likely N-dealkylation sites (tertiary alicyclic amines) is 1. The van der Waals surface area contributed by atoms with Crippen molar-refractivity contribution in [2.45, 2.75) is 24.4 Å². The summed E-state index contributed by atoms with van der Waals surface area (Å²) in [5.41, 5.74) is 3.29. The Hall–Kier alpha value is -3.86. The van der Waals surface area contributed by atoms with E-state index in [1.807, 2.05) is 29.2 Å². The standard InChI is InChI=1S/C23H24FN7O3/c1-25-22(32)20(14-5-6-19-18(10-14)26-23(33)34-19)17(12-31-8-7-16(24)11-31)13-3-2-4-15(9-13)21-27-29-30-28-21/h2-6,9-10,16-17,20H,7-8,11-12H2,1H3,(H,25,32)(H,26,33)(H,27,28,29,30)/t16-,17+,20?/m0/s1. The molecule has 3 atom stereocenters. The zero-order chi connectivity index (χ0) is 23.7. The molecule has 3 N–H and O–H groups in total. The monoisotopic (exact) mass is 465 g/mol. The Balaban J connectivity index is 1.60. The molecule has 3 heterocycles. The second kappa shape index (κ2) is 9.18. The van der Waals surface area contributed by atoms with Crippen molar-refractivity contribution >= 4 is 17.0 Å². The molecule has 1 saturated heterocycles.